The number of esters is 1. The number of likely N-dealkylation sites (N-methyl/N-ethyl adjacent to an activating group) is 1. The van der Waals surface area contributed by atoms with Crippen molar-refractivity contribution in [2.24, 2.45) is 0 Å². The van der Waals surface area contributed by atoms with Gasteiger partial charge in [0.15, 0.2) is 0 Å². The number of halogens is 2. The van der Waals surface area contributed by atoms with Crippen LogP contribution in [0.4, 0.5) is 0 Å². The first kappa shape index (κ1) is 15.4. The SMILES string of the molecule is CCN(CC(=O)OC)C(=O)c1cc(Br)ccc1I. The third-order valence-electron chi connectivity index (χ3n) is 2.38. The lowest BCUT2D eigenvalue weighted by molar-refractivity contribution is -0.141. The number of ether oxygens (including phenoxy) is 1. The molecule has 0 atom stereocenters. The van der Waals surface area contributed by atoms with Crippen molar-refractivity contribution in [3.05, 3.63) is 31.8 Å². The Hall–Kier alpha value is -0.630. The van der Waals surface area contributed by atoms with Crippen LogP contribution in [0.2, 0.25) is 0 Å². The Balaban J connectivity index is 2.96. The minimum Gasteiger partial charge on any atom is -0.468 e. The fraction of sp³-hybridized carbons (Fsp3) is 0.333. The maximum Gasteiger partial charge on any atom is 0.325 e. The standard InChI is InChI=1S/C12H13BrINO3/c1-3-15(7-11(16)18-2)12(17)9-6-8(13)4-5-10(9)14/h4-6H,3,7H2,1-2H3. The summed E-state index contributed by atoms with van der Waals surface area (Å²) in [5, 5.41) is 0. The van der Waals surface area contributed by atoms with E-state index in [2.05, 4.69) is 43.3 Å². The highest BCUT2D eigenvalue weighted by molar-refractivity contribution is 14.1. The molecular formula is C12H13BrINO3. The summed E-state index contributed by atoms with van der Waals surface area (Å²) in [7, 11) is 1.31. The number of carbonyl (C=O) groups is 2. The van der Waals surface area contributed by atoms with Crippen LogP contribution in [0.3, 0.4) is 0 Å². The molecular weight excluding hydrogens is 413 g/mol. The van der Waals surface area contributed by atoms with Gasteiger partial charge in [-0.2, -0.15) is 0 Å². The van der Waals surface area contributed by atoms with E-state index in [1.807, 2.05) is 19.1 Å². The van der Waals surface area contributed by atoms with Crippen molar-refractivity contribution in [3.63, 3.8) is 0 Å². The van der Waals surface area contributed by atoms with E-state index in [1.165, 1.54) is 12.0 Å². The van der Waals surface area contributed by atoms with Gasteiger partial charge in [-0.15, -0.1) is 0 Å². The topological polar surface area (TPSA) is 46.6 Å². The molecule has 1 aromatic carbocycles. The highest BCUT2D eigenvalue weighted by atomic mass is 127. The first-order chi connectivity index (χ1) is 8.49. The molecule has 1 amide bonds. The normalized spacial score (nSPS) is 10.0. The molecule has 0 fully saturated rings. The maximum absolute atomic E-state index is 12.3. The number of carbonyl (C=O) groups excluding carboxylic acids is 2. The molecule has 98 valence electrons. The van der Waals surface area contributed by atoms with Crippen LogP contribution in [0.1, 0.15) is 17.3 Å². The molecule has 0 aliphatic rings. The summed E-state index contributed by atoms with van der Waals surface area (Å²) in [6, 6.07) is 5.48. The Kier molecular flexibility index (Phi) is 6.07. The van der Waals surface area contributed by atoms with E-state index < -0.39 is 5.97 Å². The summed E-state index contributed by atoms with van der Waals surface area (Å²) >= 11 is 5.43. The van der Waals surface area contributed by atoms with Gasteiger partial charge in [0.05, 0.1) is 12.7 Å². The molecule has 0 aliphatic heterocycles. The molecule has 18 heavy (non-hydrogen) atoms. The molecule has 0 spiro atoms. The van der Waals surface area contributed by atoms with Gasteiger partial charge >= 0.3 is 5.97 Å². The molecule has 0 aromatic heterocycles. The average molecular weight is 426 g/mol. The molecule has 0 N–H and O–H groups in total. The second-order valence-corrected chi connectivity index (χ2v) is 5.60. The van der Waals surface area contributed by atoms with E-state index in [1.54, 1.807) is 6.07 Å². The molecule has 0 saturated carbocycles. The van der Waals surface area contributed by atoms with E-state index in [-0.39, 0.29) is 12.5 Å². The number of hydrogen-bond acceptors (Lipinski definition) is 3. The number of benzene rings is 1. The highest BCUT2D eigenvalue weighted by Gasteiger charge is 2.19. The van der Waals surface area contributed by atoms with Crippen molar-refractivity contribution in [1.29, 1.82) is 0 Å². The summed E-state index contributed by atoms with van der Waals surface area (Å²) in [6.07, 6.45) is 0. The summed E-state index contributed by atoms with van der Waals surface area (Å²) in [6.45, 7) is 2.25. The van der Waals surface area contributed by atoms with E-state index >= 15 is 0 Å². The fourth-order valence-corrected chi connectivity index (χ4v) is 2.31. The monoisotopic (exact) mass is 425 g/mol. The minimum absolute atomic E-state index is 0.0333. The summed E-state index contributed by atoms with van der Waals surface area (Å²) in [4.78, 5) is 25.0. The Morgan fingerprint density at radius 2 is 2.11 bits per heavy atom. The van der Waals surface area contributed by atoms with Gasteiger partial charge in [-0.05, 0) is 47.7 Å². The molecule has 6 heteroatoms. The van der Waals surface area contributed by atoms with Crippen molar-refractivity contribution in [1.82, 2.24) is 4.90 Å². The van der Waals surface area contributed by atoms with Crippen LogP contribution in [0, 0.1) is 3.57 Å². The van der Waals surface area contributed by atoms with Crippen molar-refractivity contribution in [2.75, 3.05) is 20.2 Å². The quantitative estimate of drug-likeness (QED) is 0.550. The largest absolute Gasteiger partial charge is 0.468 e. The highest BCUT2D eigenvalue weighted by Crippen LogP contribution is 2.20. The Morgan fingerprint density at radius 3 is 2.67 bits per heavy atom. The predicted molar refractivity (Wildman–Crippen MR) is 80.5 cm³/mol. The molecule has 0 unspecified atom stereocenters. The zero-order valence-electron chi connectivity index (χ0n) is 10.1. The van der Waals surface area contributed by atoms with Crippen LogP contribution >= 0.6 is 38.5 Å². The molecule has 0 saturated heterocycles. The van der Waals surface area contributed by atoms with E-state index in [9.17, 15) is 9.59 Å². The summed E-state index contributed by atoms with van der Waals surface area (Å²) in [5.41, 5.74) is 0.579. The van der Waals surface area contributed by atoms with Gasteiger partial charge in [-0.25, -0.2) is 0 Å². The van der Waals surface area contributed by atoms with Gasteiger partial charge < -0.3 is 9.64 Å². The lowest BCUT2D eigenvalue weighted by Gasteiger charge is -2.20. The third-order valence-corrected chi connectivity index (χ3v) is 3.81. The van der Waals surface area contributed by atoms with Gasteiger partial charge in [-0.1, -0.05) is 15.9 Å². The lowest BCUT2D eigenvalue weighted by atomic mass is 10.2. The Bertz CT molecular complexity index is 465. The summed E-state index contributed by atoms with van der Waals surface area (Å²) in [5.74, 6) is -0.594. The second-order valence-electron chi connectivity index (χ2n) is 3.52. The van der Waals surface area contributed by atoms with Crippen LogP contribution < -0.4 is 0 Å². The zero-order valence-corrected chi connectivity index (χ0v) is 13.8. The van der Waals surface area contributed by atoms with Crippen LogP contribution in [-0.4, -0.2) is 37.0 Å². The van der Waals surface area contributed by atoms with Gasteiger partial charge in [0.1, 0.15) is 6.54 Å². The van der Waals surface area contributed by atoms with Gasteiger partial charge in [0.25, 0.3) is 5.91 Å². The Labute approximate surface area is 128 Å². The van der Waals surface area contributed by atoms with E-state index in [4.69, 9.17) is 0 Å². The maximum atomic E-state index is 12.3. The third kappa shape index (κ3) is 3.94. The smallest absolute Gasteiger partial charge is 0.325 e. The molecule has 0 radical (unpaired) electrons. The summed E-state index contributed by atoms with van der Waals surface area (Å²) < 4.78 is 6.26. The number of methoxy groups -OCH3 is 1. The molecule has 0 heterocycles. The molecule has 1 aromatic rings. The van der Waals surface area contributed by atoms with Crippen LogP contribution in [-0.2, 0) is 9.53 Å². The first-order valence-corrected chi connectivity index (χ1v) is 7.18. The van der Waals surface area contributed by atoms with Crippen molar-refractivity contribution < 1.29 is 14.3 Å². The van der Waals surface area contributed by atoms with Crippen LogP contribution in [0.5, 0.6) is 0 Å². The predicted octanol–water partition coefficient (Wildman–Crippen LogP) is 2.69. The number of hydrogen-bond donors (Lipinski definition) is 0. The van der Waals surface area contributed by atoms with Gasteiger partial charge in [0.2, 0.25) is 0 Å². The van der Waals surface area contributed by atoms with Crippen molar-refractivity contribution >= 4 is 50.4 Å². The lowest BCUT2D eigenvalue weighted by Crippen LogP contribution is -2.36. The minimum atomic E-state index is -0.421. The van der Waals surface area contributed by atoms with Crippen LogP contribution in [0.15, 0.2) is 22.7 Å². The van der Waals surface area contributed by atoms with Gasteiger partial charge in [-0.3, -0.25) is 9.59 Å². The van der Waals surface area contributed by atoms with Crippen molar-refractivity contribution in [3.8, 4) is 0 Å². The zero-order chi connectivity index (χ0) is 13.7. The van der Waals surface area contributed by atoms with E-state index in [0.29, 0.717) is 12.1 Å². The average Bonchev–Trinajstić information content (AvgIpc) is 2.37. The second kappa shape index (κ2) is 7.08. The Morgan fingerprint density at radius 1 is 1.44 bits per heavy atom. The molecule has 0 bridgehead atoms. The first-order valence-electron chi connectivity index (χ1n) is 5.30. The number of rotatable bonds is 4. The molecule has 4 nitrogen and oxygen atoms in total. The fourth-order valence-electron chi connectivity index (χ4n) is 1.38. The molecule has 0 aliphatic carbocycles. The van der Waals surface area contributed by atoms with Crippen LogP contribution in [0.25, 0.3) is 0 Å². The van der Waals surface area contributed by atoms with E-state index in [0.717, 1.165) is 8.04 Å². The van der Waals surface area contributed by atoms with Crippen molar-refractivity contribution in [2.45, 2.75) is 6.92 Å². The number of amides is 1. The van der Waals surface area contributed by atoms with Gasteiger partial charge in [0, 0.05) is 14.6 Å². The molecule has 1 rings (SSSR count). The number of nitrogens with zero attached hydrogens (tertiary/aromatic N) is 1.